The molecule has 0 amide bonds. The Morgan fingerprint density at radius 3 is 1.60 bits per heavy atom. The zero-order valence-corrected chi connectivity index (χ0v) is 16.6. The van der Waals surface area contributed by atoms with Gasteiger partial charge in [0.25, 0.3) is 0 Å². The summed E-state index contributed by atoms with van der Waals surface area (Å²) in [5.41, 5.74) is 1.15. The normalized spacial score (nSPS) is 8.30. The van der Waals surface area contributed by atoms with Crippen molar-refractivity contribution >= 4 is 12.6 Å². The van der Waals surface area contributed by atoms with Crippen LogP contribution < -0.4 is 5.32 Å². The van der Waals surface area contributed by atoms with Gasteiger partial charge in [-0.2, -0.15) is 12.6 Å². The minimum absolute atomic E-state index is 0.789. The molecule has 0 aromatic rings. The third-order valence-electron chi connectivity index (χ3n) is 2.23. The first kappa shape index (κ1) is 28.1. The van der Waals surface area contributed by atoms with Crippen LogP contribution in [0.25, 0.3) is 0 Å². The lowest BCUT2D eigenvalue weighted by Gasteiger charge is -2.08. The maximum absolute atomic E-state index is 3.86. The van der Waals surface area contributed by atoms with Gasteiger partial charge in [-0.25, -0.2) is 0 Å². The molecule has 1 N–H and O–H groups in total. The molecule has 2 heteroatoms. The smallest absolute Gasteiger partial charge is 0.0146 e. The molecule has 126 valence electrons. The molecule has 0 atom stereocenters. The largest absolute Gasteiger partial charge is 0.389 e. The fraction of sp³-hybridized carbons (Fsp3) is 0.889. The molecule has 1 nitrogen and oxygen atoms in total. The van der Waals surface area contributed by atoms with E-state index in [1.807, 2.05) is 0 Å². The first-order valence-electron chi connectivity index (χ1n) is 8.36. The topological polar surface area (TPSA) is 12.0 Å². The van der Waals surface area contributed by atoms with E-state index in [9.17, 15) is 0 Å². The van der Waals surface area contributed by atoms with Gasteiger partial charge in [-0.05, 0) is 25.0 Å². The highest BCUT2D eigenvalue weighted by Gasteiger charge is 1.92. The monoisotopic (exact) mass is 305 g/mol. The van der Waals surface area contributed by atoms with Gasteiger partial charge in [0.15, 0.2) is 0 Å². The molecule has 0 aliphatic heterocycles. The molecule has 0 aliphatic rings. The molecular weight excluding hydrogens is 262 g/mol. The van der Waals surface area contributed by atoms with Gasteiger partial charge in [-0.1, -0.05) is 80.7 Å². The van der Waals surface area contributed by atoms with Crippen LogP contribution in [0.5, 0.6) is 0 Å². The molecule has 0 radical (unpaired) electrons. The summed E-state index contributed by atoms with van der Waals surface area (Å²) in [6, 6.07) is 0. The van der Waals surface area contributed by atoms with Gasteiger partial charge in [0.1, 0.15) is 0 Å². The lowest BCUT2D eigenvalue weighted by Crippen LogP contribution is -2.14. The average Bonchev–Trinajstić information content (AvgIpc) is 2.43. The standard InChI is InChI=1S/C9H19N.C5H12.C3H8.CH4S/c1-5-9(4)10-7-6-8(2)3;1-3-5-4-2;1-3-2;1-2/h8,10H,4-7H2,1-3H3;3-5H2,1-2H3;3H2,1-2H3;2H,1H3. The van der Waals surface area contributed by atoms with Crippen LogP contribution in [0.4, 0.5) is 0 Å². The summed E-state index contributed by atoms with van der Waals surface area (Å²) in [6.45, 7) is 20.2. The predicted octanol–water partition coefficient (Wildman–Crippen LogP) is 6.70. The van der Waals surface area contributed by atoms with Crippen LogP contribution in [0.3, 0.4) is 0 Å². The molecule has 0 saturated carbocycles. The van der Waals surface area contributed by atoms with E-state index in [1.165, 1.54) is 32.1 Å². The summed E-state index contributed by atoms with van der Waals surface area (Å²) < 4.78 is 0. The Morgan fingerprint density at radius 1 is 1.00 bits per heavy atom. The zero-order chi connectivity index (χ0) is 16.8. The van der Waals surface area contributed by atoms with Gasteiger partial charge in [-0.3, -0.25) is 0 Å². The van der Waals surface area contributed by atoms with E-state index in [-0.39, 0.29) is 0 Å². The van der Waals surface area contributed by atoms with E-state index in [0.29, 0.717) is 0 Å². The second kappa shape index (κ2) is 31.3. The predicted molar refractivity (Wildman–Crippen MR) is 103 cm³/mol. The van der Waals surface area contributed by atoms with E-state index in [0.717, 1.165) is 24.6 Å². The second-order valence-corrected chi connectivity index (χ2v) is 5.13. The first-order chi connectivity index (χ1) is 9.49. The SMILES string of the molecule is C=C(CC)NCCC(C)C.CCC.CCCCC.CS. The molecule has 0 bridgehead atoms. The second-order valence-electron chi connectivity index (χ2n) is 5.13. The zero-order valence-electron chi connectivity index (χ0n) is 15.7. The number of allylic oxidation sites excluding steroid dienone is 1. The Balaban J connectivity index is -0.000000107. The number of thiol groups is 1. The third kappa shape index (κ3) is 52.2. The molecule has 0 aromatic carbocycles. The van der Waals surface area contributed by atoms with Gasteiger partial charge in [0.2, 0.25) is 0 Å². The molecule has 0 aromatic heterocycles. The molecular formula is C18H43NS. The fourth-order valence-electron chi connectivity index (χ4n) is 1.02. The van der Waals surface area contributed by atoms with E-state index in [4.69, 9.17) is 0 Å². The summed E-state index contributed by atoms with van der Waals surface area (Å²) in [5.74, 6) is 0.789. The molecule has 20 heavy (non-hydrogen) atoms. The van der Waals surface area contributed by atoms with Crippen molar-refractivity contribution in [2.75, 3.05) is 12.8 Å². The van der Waals surface area contributed by atoms with Gasteiger partial charge < -0.3 is 5.32 Å². The molecule has 0 saturated heterocycles. The van der Waals surface area contributed by atoms with Crippen LogP contribution in [0, 0.1) is 5.92 Å². The highest BCUT2D eigenvalue weighted by atomic mass is 32.1. The number of nitrogens with one attached hydrogen (secondary N) is 1. The van der Waals surface area contributed by atoms with E-state index in [2.05, 4.69) is 73.0 Å². The van der Waals surface area contributed by atoms with E-state index >= 15 is 0 Å². The van der Waals surface area contributed by atoms with Gasteiger partial charge in [0.05, 0.1) is 0 Å². The van der Waals surface area contributed by atoms with Crippen molar-refractivity contribution in [2.24, 2.45) is 5.92 Å². The van der Waals surface area contributed by atoms with Crippen LogP contribution in [0.1, 0.15) is 87.0 Å². The Hall–Kier alpha value is -0.110. The van der Waals surface area contributed by atoms with Crippen molar-refractivity contribution in [1.82, 2.24) is 5.32 Å². The van der Waals surface area contributed by atoms with E-state index in [1.54, 1.807) is 6.26 Å². The van der Waals surface area contributed by atoms with Crippen molar-refractivity contribution < 1.29 is 0 Å². The highest BCUT2D eigenvalue weighted by molar-refractivity contribution is 7.79. The quantitative estimate of drug-likeness (QED) is 0.498. The minimum atomic E-state index is 0.789. The van der Waals surface area contributed by atoms with Gasteiger partial charge in [0, 0.05) is 12.2 Å². The summed E-state index contributed by atoms with van der Waals surface area (Å²) in [4.78, 5) is 0. The van der Waals surface area contributed by atoms with Crippen molar-refractivity contribution in [3.05, 3.63) is 12.3 Å². The Kier molecular flexibility index (Phi) is 44.0. The van der Waals surface area contributed by atoms with Crippen LogP contribution in [0.15, 0.2) is 12.3 Å². The molecule has 0 aliphatic carbocycles. The van der Waals surface area contributed by atoms with Crippen LogP contribution in [-0.2, 0) is 0 Å². The number of hydrogen-bond acceptors (Lipinski definition) is 2. The highest BCUT2D eigenvalue weighted by Crippen LogP contribution is 1.98. The number of hydrogen-bond donors (Lipinski definition) is 2. The number of unbranched alkanes of at least 4 members (excludes halogenated alkanes) is 2. The Morgan fingerprint density at radius 2 is 1.40 bits per heavy atom. The van der Waals surface area contributed by atoms with Crippen molar-refractivity contribution in [2.45, 2.75) is 87.0 Å². The number of rotatable bonds is 7. The Labute approximate surface area is 136 Å². The van der Waals surface area contributed by atoms with Gasteiger partial charge in [-0.15, -0.1) is 0 Å². The lowest BCUT2D eigenvalue weighted by atomic mass is 10.1. The maximum atomic E-state index is 3.86. The summed E-state index contributed by atoms with van der Waals surface area (Å²) in [7, 11) is 0. The summed E-state index contributed by atoms with van der Waals surface area (Å²) in [5, 5.41) is 3.27. The summed E-state index contributed by atoms with van der Waals surface area (Å²) in [6.07, 6.45) is 9.30. The van der Waals surface area contributed by atoms with Crippen LogP contribution in [0.2, 0.25) is 0 Å². The first-order valence-corrected chi connectivity index (χ1v) is 9.25. The molecule has 0 spiro atoms. The third-order valence-corrected chi connectivity index (χ3v) is 2.23. The van der Waals surface area contributed by atoms with Crippen LogP contribution in [-0.4, -0.2) is 12.8 Å². The fourth-order valence-corrected chi connectivity index (χ4v) is 1.02. The Bertz CT molecular complexity index is 142. The van der Waals surface area contributed by atoms with Crippen molar-refractivity contribution in [3.63, 3.8) is 0 Å². The maximum Gasteiger partial charge on any atom is 0.0146 e. The van der Waals surface area contributed by atoms with E-state index < -0.39 is 0 Å². The van der Waals surface area contributed by atoms with Crippen LogP contribution >= 0.6 is 12.6 Å². The molecule has 0 rings (SSSR count). The molecule has 0 fully saturated rings. The van der Waals surface area contributed by atoms with Crippen molar-refractivity contribution in [1.29, 1.82) is 0 Å². The molecule has 0 heterocycles. The minimum Gasteiger partial charge on any atom is -0.389 e. The van der Waals surface area contributed by atoms with Gasteiger partial charge >= 0.3 is 0 Å². The lowest BCUT2D eigenvalue weighted by molar-refractivity contribution is 0.560. The van der Waals surface area contributed by atoms with Crippen molar-refractivity contribution in [3.8, 4) is 0 Å². The molecule has 0 unspecified atom stereocenters. The average molecular weight is 306 g/mol. The summed E-state index contributed by atoms with van der Waals surface area (Å²) >= 11 is 3.53.